The van der Waals surface area contributed by atoms with E-state index in [4.69, 9.17) is 14.2 Å². The van der Waals surface area contributed by atoms with E-state index < -0.39 is 11.9 Å². The second kappa shape index (κ2) is 7.79. The van der Waals surface area contributed by atoms with E-state index in [-0.39, 0.29) is 11.3 Å². The minimum atomic E-state index is -0.588. The van der Waals surface area contributed by atoms with Gasteiger partial charge in [-0.15, -0.1) is 0 Å². The third-order valence-electron chi connectivity index (χ3n) is 3.03. The first kappa shape index (κ1) is 16.3. The topological polar surface area (TPSA) is 61.8 Å². The van der Waals surface area contributed by atoms with Crippen LogP contribution in [0.5, 0.6) is 5.75 Å². The van der Waals surface area contributed by atoms with E-state index in [2.05, 4.69) is 0 Å². The van der Waals surface area contributed by atoms with E-state index in [1.807, 2.05) is 0 Å². The van der Waals surface area contributed by atoms with Crippen LogP contribution in [-0.4, -0.2) is 26.2 Å². The molecular formula is C18H16O5. The summed E-state index contributed by atoms with van der Waals surface area (Å²) in [6.07, 6.45) is 1.25. The molecule has 0 aliphatic carbocycles. The monoisotopic (exact) mass is 312 g/mol. The second-order valence-corrected chi connectivity index (χ2v) is 4.51. The Morgan fingerprint density at radius 1 is 0.913 bits per heavy atom. The Labute approximate surface area is 134 Å². The van der Waals surface area contributed by atoms with Crippen molar-refractivity contribution in [2.75, 3.05) is 14.2 Å². The van der Waals surface area contributed by atoms with Crippen molar-refractivity contribution in [2.45, 2.75) is 0 Å². The van der Waals surface area contributed by atoms with Crippen LogP contribution >= 0.6 is 0 Å². The highest BCUT2D eigenvalue weighted by molar-refractivity contribution is 6.17. The van der Waals surface area contributed by atoms with Gasteiger partial charge in [-0.3, -0.25) is 0 Å². The van der Waals surface area contributed by atoms with Crippen molar-refractivity contribution < 1.29 is 23.8 Å². The Hall–Kier alpha value is -3.08. The van der Waals surface area contributed by atoms with E-state index in [9.17, 15) is 9.59 Å². The van der Waals surface area contributed by atoms with Gasteiger partial charge in [0.2, 0.25) is 0 Å². The molecule has 0 atom stereocenters. The SMILES string of the molecule is COC=C(C(=O)OC)c1ccccc1OC(=O)c1ccccc1. The molecule has 0 aliphatic heterocycles. The Morgan fingerprint density at radius 2 is 1.57 bits per heavy atom. The molecule has 0 radical (unpaired) electrons. The zero-order valence-corrected chi connectivity index (χ0v) is 12.8. The highest BCUT2D eigenvalue weighted by Crippen LogP contribution is 2.27. The van der Waals surface area contributed by atoms with Gasteiger partial charge in [0.1, 0.15) is 11.3 Å². The van der Waals surface area contributed by atoms with Gasteiger partial charge in [0.15, 0.2) is 0 Å². The Balaban J connectivity index is 2.36. The molecule has 0 aromatic heterocycles. The molecule has 0 spiro atoms. The van der Waals surface area contributed by atoms with Gasteiger partial charge in [-0.25, -0.2) is 9.59 Å². The van der Waals surface area contributed by atoms with Crippen molar-refractivity contribution in [3.8, 4) is 5.75 Å². The molecule has 0 amide bonds. The number of rotatable bonds is 5. The van der Waals surface area contributed by atoms with Crippen molar-refractivity contribution in [3.05, 3.63) is 72.0 Å². The van der Waals surface area contributed by atoms with Gasteiger partial charge in [-0.1, -0.05) is 36.4 Å². The molecule has 5 heteroatoms. The maximum absolute atomic E-state index is 12.2. The maximum Gasteiger partial charge on any atom is 0.343 e. The van der Waals surface area contributed by atoms with Crippen molar-refractivity contribution in [3.63, 3.8) is 0 Å². The van der Waals surface area contributed by atoms with Gasteiger partial charge in [-0.2, -0.15) is 0 Å². The zero-order chi connectivity index (χ0) is 16.7. The van der Waals surface area contributed by atoms with Crippen LogP contribution in [0.15, 0.2) is 60.9 Å². The summed E-state index contributed by atoms with van der Waals surface area (Å²) in [5.74, 6) is -0.857. The molecule has 23 heavy (non-hydrogen) atoms. The third kappa shape index (κ3) is 3.97. The van der Waals surface area contributed by atoms with Crippen LogP contribution in [0.1, 0.15) is 15.9 Å². The van der Waals surface area contributed by atoms with Crippen molar-refractivity contribution >= 4 is 17.5 Å². The smallest absolute Gasteiger partial charge is 0.343 e. The Morgan fingerprint density at radius 3 is 2.22 bits per heavy atom. The lowest BCUT2D eigenvalue weighted by Gasteiger charge is -2.11. The molecule has 0 heterocycles. The first-order chi connectivity index (χ1) is 11.2. The highest BCUT2D eigenvalue weighted by Gasteiger charge is 2.19. The number of ether oxygens (including phenoxy) is 3. The summed E-state index contributed by atoms with van der Waals surface area (Å²) in [5, 5.41) is 0. The number of carbonyl (C=O) groups is 2. The molecule has 0 unspecified atom stereocenters. The van der Waals surface area contributed by atoms with Gasteiger partial charge in [-0.05, 0) is 18.2 Å². The van der Waals surface area contributed by atoms with Crippen LogP contribution in [0.25, 0.3) is 5.57 Å². The van der Waals surface area contributed by atoms with Crippen LogP contribution < -0.4 is 4.74 Å². The molecule has 2 aromatic carbocycles. The first-order valence-corrected chi connectivity index (χ1v) is 6.85. The number of methoxy groups -OCH3 is 2. The summed E-state index contributed by atoms with van der Waals surface area (Å²) in [6, 6.07) is 15.3. The fraction of sp³-hybridized carbons (Fsp3) is 0.111. The molecule has 0 fully saturated rings. The molecule has 0 saturated heterocycles. The highest BCUT2D eigenvalue weighted by atomic mass is 16.5. The molecule has 0 saturated carbocycles. The molecule has 0 N–H and O–H groups in total. The van der Waals surface area contributed by atoms with Gasteiger partial charge >= 0.3 is 11.9 Å². The quantitative estimate of drug-likeness (QED) is 0.367. The summed E-state index contributed by atoms with van der Waals surface area (Å²) >= 11 is 0. The van der Waals surface area contributed by atoms with E-state index in [0.717, 1.165) is 0 Å². The van der Waals surface area contributed by atoms with E-state index in [0.29, 0.717) is 11.1 Å². The van der Waals surface area contributed by atoms with Crippen LogP contribution in [0.2, 0.25) is 0 Å². The largest absolute Gasteiger partial charge is 0.503 e. The number of hydrogen-bond acceptors (Lipinski definition) is 5. The van der Waals surface area contributed by atoms with Gasteiger partial charge < -0.3 is 14.2 Å². The minimum Gasteiger partial charge on any atom is -0.503 e. The lowest BCUT2D eigenvalue weighted by molar-refractivity contribution is -0.133. The molecule has 2 aromatic rings. The Bertz CT molecular complexity index is 719. The normalized spacial score (nSPS) is 10.8. The summed E-state index contributed by atoms with van der Waals surface area (Å²) < 4.78 is 15.1. The fourth-order valence-electron chi connectivity index (χ4n) is 1.96. The minimum absolute atomic E-state index is 0.159. The predicted molar refractivity (Wildman–Crippen MR) is 84.8 cm³/mol. The van der Waals surface area contributed by atoms with Crippen molar-refractivity contribution in [2.24, 2.45) is 0 Å². The van der Waals surface area contributed by atoms with Crippen LogP contribution in [0, 0.1) is 0 Å². The summed E-state index contributed by atoms with van der Waals surface area (Å²) in [4.78, 5) is 24.1. The van der Waals surface area contributed by atoms with Crippen LogP contribution in [0.3, 0.4) is 0 Å². The molecule has 0 bridgehead atoms. The number of esters is 2. The fourth-order valence-corrected chi connectivity index (χ4v) is 1.96. The average Bonchev–Trinajstić information content (AvgIpc) is 2.60. The zero-order valence-electron chi connectivity index (χ0n) is 12.8. The molecule has 0 aliphatic rings. The first-order valence-electron chi connectivity index (χ1n) is 6.85. The van der Waals surface area contributed by atoms with E-state index in [1.165, 1.54) is 20.5 Å². The van der Waals surface area contributed by atoms with Gasteiger partial charge in [0.25, 0.3) is 0 Å². The van der Waals surface area contributed by atoms with Gasteiger partial charge in [0, 0.05) is 5.56 Å². The summed E-state index contributed by atoms with van der Waals surface area (Å²) in [7, 11) is 2.69. The van der Waals surface area contributed by atoms with Crippen molar-refractivity contribution in [1.29, 1.82) is 0 Å². The third-order valence-corrected chi connectivity index (χ3v) is 3.03. The summed E-state index contributed by atoms with van der Waals surface area (Å²) in [6.45, 7) is 0. The number of carbonyl (C=O) groups excluding carboxylic acids is 2. The number of benzene rings is 2. The number of para-hydroxylation sites is 1. The Kier molecular flexibility index (Phi) is 5.52. The molecule has 2 rings (SSSR count). The molecule has 5 nitrogen and oxygen atoms in total. The van der Waals surface area contributed by atoms with Crippen LogP contribution in [-0.2, 0) is 14.3 Å². The average molecular weight is 312 g/mol. The maximum atomic E-state index is 12.2. The van der Waals surface area contributed by atoms with Gasteiger partial charge in [0.05, 0.1) is 26.0 Å². The van der Waals surface area contributed by atoms with E-state index in [1.54, 1.807) is 54.6 Å². The lowest BCUT2D eigenvalue weighted by atomic mass is 10.1. The predicted octanol–water partition coefficient (Wildman–Crippen LogP) is 3.07. The molecule has 118 valence electrons. The van der Waals surface area contributed by atoms with E-state index >= 15 is 0 Å². The summed E-state index contributed by atoms with van der Waals surface area (Å²) in [5.41, 5.74) is 0.981. The lowest BCUT2D eigenvalue weighted by Crippen LogP contribution is -2.11. The second-order valence-electron chi connectivity index (χ2n) is 4.51. The standard InChI is InChI=1S/C18H16O5/c1-21-12-15(18(20)22-2)14-10-6-7-11-16(14)23-17(19)13-8-4-3-5-9-13/h3-12H,1-2H3. The van der Waals surface area contributed by atoms with Crippen molar-refractivity contribution in [1.82, 2.24) is 0 Å². The molecular weight excluding hydrogens is 296 g/mol. The van der Waals surface area contributed by atoms with Crippen LogP contribution in [0.4, 0.5) is 0 Å². The number of hydrogen-bond donors (Lipinski definition) is 0.